The molecule has 17 heavy (non-hydrogen) atoms. The number of piperidine rings is 1. The van der Waals surface area contributed by atoms with Crippen LogP contribution >= 0.6 is 0 Å². The number of oxazole rings is 1. The van der Waals surface area contributed by atoms with Gasteiger partial charge in [0.05, 0.1) is 6.20 Å². The third-order valence-electron chi connectivity index (χ3n) is 3.43. The molecule has 0 saturated carbocycles. The molecule has 1 aliphatic heterocycles. The normalized spacial score (nSPS) is 20.6. The SMILES string of the molecule is CC(N)Cc1cnc(CC2CCN(C)CC2)o1. The first-order chi connectivity index (χ1) is 8.13. The van der Waals surface area contributed by atoms with Gasteiger partial charge in [-0.25, -0.2) is 4.98 Å². The maximum atomic E-state index is 5.74. The number of rotatable bonds is 4. The summed E-state index contributed by atoms with van der Waals surface area (Å²) in [5, 5.41) is 0. The van der Waals surface area contributed by atoms with Gasteiger partial charge in [0.2, 0.25) is 0 Å². The predicted molar refractivity (Wildman–Crippen MR) is 67.8 cm³/mol. The molecule has 0 bridgehead atoms. The molecule has 4 heteroatoms. The average Bonchev–Trinajstić information content (AvgIpc) is 2.68. The lowest BCUT2D eigenvalue weighted by atomic mass is 9.94. The molecule has 1 saturated heterocycles. The number of likely N-dealkylation sites (tertiary alicyclic amines) is 1. The number of nitrogens with zero attached hydrogens (tertiary/aromatic N) is 2. The Balaban J connectivity index is 1.84. The van der Waals surface area contributed by atoms with Gasteiger partial charge in [-0.1, -0.05) is 0 Å². The molecule has 1 aromatic rings. The fourth-order valence-corrected chi connectivity index (χ4v) is 2.37. The molecule has 1 unspecified atom stereocenters. The van der Waals surface area contributed by atoms with Gasteiger partial charge in [0, 0.05) is 18.9 Å². The van der Waals surface area contributed by atoms with Crippen LogP contribution in [0.15, 0.2) is 10.6 Å². The molecule has 96 valence electrons. The Labute approximate surface area is 103 Å². The standard InChI is InChI=1S/C13H23N3O/c1-10(14)7-12-9-15-13(17-12)8-11-3-5-16(2)6-4-11/h9-11H,3-8,14H2,1-2H3. The van der Waals surface area contributed by atoms with Crippen molar-refractivity contribution >= 4 is 0 Å². The van der Waals surface area contributed by atoms with Crippen molar-refractivity contribution in [2.45, 2.75) is 38.6 Å². The van der Waals surface area contributed by atoms with Crippen LogP contribution < -0.4 is 5.73 Å². The lowest BCUT2D eigenvalue weighted by Gasteiger charge is -2.28. The molecule has 2 N–H and O–H groups in total. The van der Waals surface area contributed by atoms with Crippen LogP contribution in [0.1, 0.15) is 31.4 Å². The van der Waals surface area contributed by atoms with E-state index in [4.69, 9.17) is 10.2 Å². The first-order valence-corrected chi connectivity index (χ1v) is 6.51. The summed E-state index contributed by atoms with van der Waals surface area (Å²) in [5.74, 6) is 2.53. The first-order valence-electron chi connectivity index (χ1n) is 6.51. The molecule has 2 rings (SSSR count). The van der Waals surface area contributed by atoms with Crippen molar-refractivity contribution in [2.75, 3.05) is 20.1 Å². The molecule has 1 aliphatic rings. The minimum absolute atomic E-state index is 0.138. The van der Waals surface area contributed by atoms with Crippen molar-refractivity contribution in [1.82, 2.24) is 9.88 Å². The zero-order chi connectivity index (χ0) is 12.3. The Morgan fingerprint density at radius 2 is 2.24 bits per heavy atom. The summed E-state index contributed by atoms with van der Waals surface area (Å²) in [6.07, 6.45) is 6.09. The van der Waals surface area contributed by atoms with Gasteiger partial charge >= 0.3 is 0 Å². The second-order valence-corrected chi connectivity index (χ2v) is 5.35. The average molecular weight is 237 g/mol. The van der Waals surface area contributed by atoms with E-state index in [9.17, 15) is 0 Å². The van der Waals surface area contributed by atoms with Crippen LogP contribution in [0.2, 0.25) is 0 Å². The van der Waals surface area contributed by atoms with Crippen molar-refractivity contribution in [3.05, 3.63) is 17.8 Å². The number of nitrogens with two attached hydrogens (primary N) is 1. The predicted octanol–water partition coefficient (Wildman–Crippen LogP) is 1.45. The summed E-state index contributed by atoms with van der Waals surface area (Å²) < 4.78 is 5.72. The highest BCUT2D eigenvalue weighted by molar-refractivity contribution is 4.97. The largest absolute Gasteiger partial charge is 0.446 e. The van der Waals surface area contributed by atoms with Crippen LogP contribution in [-0.2, 0) is 12.8 Å². The van der Waals surface area contributed by atoms with E-state index >= 15 is 0 Å². The van der Waals surface area contributed by atoms with Crippen molar-refractivity contribution in [2.24, 2.45) is 11.7 Å². The molecule has 1 atom stereocenters. The Hall–Kier alpha value is -0.870. The van der Waals surface area contributed by atoms with Gasteiger partial charge in [0.1, 0.15) is 5.76 Å². The van der Waals surface area contributed by atoms with Crippen molar-refractivity contribution in [3.8, 4) is 0 Å². The van der Waals surface area contributed by atoms with E-state index in [-0.39, 0.29) is 6.04 Å². The molecule has 0 radical (unpaired) electrons. The van der Waals surface area contributed by atoms with E-state index in [1.807, 2.05) is 13.1 Å². The van der Waals surface area contributed by atoms with Gasteiger partial charge in [0.25, 0.3) is 0 Å². The summed E-state index contributed by atoms with van der Waals surface area (Å²) >= 11 is 0. The van der Waals surface area contributed by atoms with E-state index in [2.05, 4.69) is 16.9 Å². The van der Waals surface area contributed by atoms with E-state index in [0.29, 0.717) is 0 Å². The summed E-state index contributed by atoms with van der Waals surface area (Å²) in [6.45, 7) is 4.37. The fraction of sp³-hybridized carbons (Fsp3) is 0.769. The molecule has 1 fully saturated rings. The minimum atomic E-state index is 0.138. The van der Waals surface area contributed by atoms with Gasteiger partial charge < -0.3 is 15.1 Å². The van der Waals surface area contributed by atoms with Crippen LogP contribution in [0.3, 0.4) is 0 Å². The monoisotopic (exact) mass is 237 g/mol. The minimum Gasteiger partial charge on any atom is -0.446 e. The first kappa shape index (κ1) is 12.6. The molecule has 0 spiro atoms. The van der Waals surface area contributed by atoms with Gasteiger partial charge in [-0.05, 0) is 45.8 Å². The Bertz CT molecular complexity index is 340. The zero-order valence-electron chi connectivity index (χ0n) is 10.9. The summed E-state index contributed by atoms with van der Waals surface area (Å²) in [7, 11) is 2.18. The topological polar surface area (TPSA) is 55.3 Å². The highest BCUT2D eigenvalue weighted by Crippen LogP contribution is 2.20. The third-order valence-corrected chi connectivity index (χ3v) is 3.43. The summed E-state index contributed by atoms with van der Waals surface area (Å²) in [6, 6.07) is 0.138. The van der Waals surface area contributed by atoms with Crippen molar-refractivity contribution in [3.63, 3.8) is 0 Å². The van der Waals surface area contributed by atoms with E-state index in [1.165, 1.54) is 25.9 Å². The second kappa shape index (κ2) is 5.65. The van der Waals surface area contributed by atoms with Gasteiger partial charge in [-0.15, -0.1) is 0 Å². The summed E-state index contributed by atoms with van der Waals surface area (Å²) in [4.78, 5) is 6.73. The van der Waals surface area contributed by atoms with Gasteiger partial charge in [-0.2, -0.15) is 0 Å². The highest BCUT2D eigenvalue weighted by atomic mass is 16.4. The smallest absolute Gasteiger partial charge is 0.194 e. The van der Waals surface area contributed by atoms with E-state index in [0.717, 1.165) is 30.4 Å². The molecule has 4 nitrogen and oxygen atoms in total. The van der Waals surface area contributed by atoms with E-state index in [1.54, 1.807) is 0 Å². The lowest BCUT2D eigenvalue weighted by Crippen LogP contribution is -2.30. The quantitative estimate of drug-likeness (QED) is 0.861. The van der Waals surface area contributed by atoms with E-state index < -0.39 is 0 Å². The molecule has 0 aliphatic carbocycles. The van der Waals surface area contributed by atoms with Crippen LogP contribution in [0, 0.1) is 5.92 Å². The third kappa shape index (κ3) is 3.82. The molecule has 1 aromatic heterocycles. The molecular formula is C13H23N3O. The fourth-order valence-electron chi connectivity index (χ4n) is 2.37. The van der Waals surface area contributed by atoms with Crippen LogP contribution in [0.4, 0.5) is 0 Å². The van der Waals surface area contributed by atoms with Gasteiger partial charge in [0.15, 0.2) is 5.89 Å². The highest BCUT2D eigenvalue weighted by Gasteiger charge is 2.19. The number of hydrogen-bond acceptors (Lipinski definition) is 4. The molecule has 2 heterocycles. The molecular weight excluding hydrogens is 214 g/mol. The second-order valence-electron chi connectivity index (χ2n) is 5.35. The maximum Gasteiger partial charge on any atom is 0.194 e. The Morgan fingerprint density at radius 3 is 2.88 bits per heavy atom. The maximum absolute atomic E-state index is 5.74. The number of aromatic nitrogens is 1. The Kier molecular flexibility index (Phi) is 4.18. The zero-order valence-corrected chi connectivity index (χ0v) is 10.9. The molecule has 0 amide bonds. The van der Waals surface area contributed by atoms with Gasteiger partial charge in [-0.3, -0.25) is 0 Å². The van der Waals surface area contributed by atoms with Crippen LogP contribution in [0.25, 0.3) is 0 Å². The van der Waals surface area contributed by atoms with Crippen molar-refractivity contribution < 1.29 is 4.42 Å². The number of hydrogen-bond donors (Lipinski definition) is 1. The summed E-state index contributed by atoms with van der Waals surface area (Å²) in [5.41, 5.74) is 5.74. The molecule has 0 aromatic carbocycles. The Morgan fingerprint density at radius 1 is 1.53 bits per heavy atom. The van der Waals surface area contributed by atoms with Crippen LogP contribution in [-0.4, -0.2) is 36.1 Å². The lowest BCUT2D eigenvalue weighted by molar-refractivity contribution is 0.211. The van der Waals surface area contributed by atoms with Crippen LogP contribution in [0.5, 0.6) is 0 Å². The van der Waals surface area contributed by atoms with Crippen molar-refractivity contribution in [1.29, 1.82) is 0 Å².